The molecule has 120 valence electrons. The Labute approximate surface area is 138 Å². The summed E-state index contributed by atoms with van der Waals surface area (Å²) < 4.78 is 14.2. The molecular weight excluding hydrogens is 315 g/mol. The minimum absolute atomic E-state index is 0.0262. The van der Waals surface area contributed by atoms with Gasteiger partial charge in [-0.1, -0.05) is 0 Å². The van der Waals surface area contributed by atoms with Crippen LogP contribution in [0.4, 0.5) is 10.1 Å². The van der Waals surface area contributed by atoms with Crippen molar-refractivity contribution in [3.8, 4) is 0 Å². The molecule has 1 aliphatic rings. The number of piperazine rings is 1. The number of rotatable bonds is 3. The Morgan fingerprint density at radius 3 is 2.39 bits per heavy atom. The standard InChI is InChI=1S/C17H17FN2O2S/c1-12(21)13-2-3-16(15(18)10-13)19-5-7-20(8-6-19)17(22)14-4-9-23-11-14/h2-4,9-11H,5-8H2,1H3. The van der Waals surface area contributed by atoms with E-state index in [1.165, 1.54) is 24.3 Å². The number of thiophene rings is 1. The smallest absolute Gasteiger partial charge is 0.254 e. The SMILES string of the molecule is CC(=O)c1ccc(N2CCN(C(=O)c3ccsc3)CC2)c(F)c1. The van der Waals surface area contributed by atoms with Gasteiger partial charge in [0.15, 0.2) is 5.78 Å². The van der Waals surface area contributed by atoms with Crippen molar-refractivity contribution >= 4 is 28.7 Å². The van der Waals surface area contributed by atoms with Crippen molar-refractivity contribution in [1.82, 2.24) is 4.90 Å². The number of benzene rings is 1. The molecule has 0 aliphatic carbocycles. The molecule has 0 spiro atoms. The third-order valence-electron chi connectivity index (χ3n) is 4.03. The Bertz CT molecular complexity index is 722. The van der Waals surface area contributed by atoms with Gasteiger partial charge in [0.1, 0.15) is 5.82 Å². The van der Waals surface area contributed by atoms with E-state index in [2.05, 4.69) is 0 Å². The van der Waals surface area contributed by atoms with Crippen molar-refractivity contribution in [2.45, 2.75) is 6.92 Å². The Morgan fingerprint density at radius 1 is 1.09 bits per heavy atom. The van der Waals surface area contributed by atoms with Crippen LogP contribution in [0.1, 0.15) is 27.6 Å². The molecule has 1 amide bonds. The summed E-state index contributed by atoms with van der Waals surface area (Å²) in [5, 5.41) is 3.73. The van der Waals surface area contributed by atoms with E-state index >= 15 is 0 Å². The maximum Gasteiger partial charge on any atom is 0.254 e. The van der Waals surface area contributed by atoms with Crippen LogP contribution in [-0.2, 0) is 0 Å². The summed E-state index contributed by atoms with van der Waals surface area (Å²) in [4.78, 5) is 27.3. The summed E-state index contributed by atoms with van der Waals surface area (Å²) in [6.45, 7) is 3.69. The van der Waals surface area contributed by atoms with E-state index in [-0.39, 0.29) is 11.7 Å². The number of nitrogens with zero attached hydrogens (tertiary/aromatic N) is 2. The first-order valence-corrected chi connectivity index (χ1v) is 8.37. The van der Waals surface area contributed by atoms with E-state index < -0.39 is 5.82 Å². The zero-order chi connectivity index (χ0) is 16.4. The molecule has 4 nitrogen and oxygen atoms in total. The van der Waals surface area contributed by atoms with Gasteiger partial charge in [-0.05, 0) is 36.6 Å². The van der Waals surface area contributed by atoms with Crippen LogP contribution in [0.3, 0.4) is 0 Å². The third-order valence-corrected chi connectivity index (χ3v) is 4.71. The highest BCUT2D eigenvalue weighted by Crippen LogP contribution is 2.23. The van der Waals surface area contributed by atoms with Crippen molar-refractivity contribution in [3.63, 3.8) is 0 Å². The van der Waals surface area contributed by atoms with Crippen LogP contribution < -0.4 is 4.90 Å². The van der Waals surface area contributed by atoms with E-state index in [0.29, 0.717) is 43.0 Å². The Balaban J connectivity index is 1.67. The van der Waals surface area contributed by atoms with E-state index in [4.69, 9.17) is 0 Å². The van der Waals surface area contributed by atoms with Gasteiger partial charge in [-0.3, -0.25) is 9.59 Å². The van der Waals surface area contributed by atoms with E-state index in [9.17, 15) is 14.0 Å². The van der Waals surface area contributed by atoms with Crippen molar-refractivity contribution < 1.29 is 14.0 Å². The van der Waals surface area contributed by atoms with Crippen molar-refractivity contribution in [2.75, 3.05) is 31.1 Å². The van der Waals surface area contributed by atoms with Gasteiger partial charge in [-0.25, -0.2) is 4.39 Å². The molecule has 1 aromatic carbocycles. The molecular formula is C17H17FN2O2S. The molecule has 1 aliphatic heterocycles. The number of ketones is 1. The first kappa shape index (κ1) is 15.7. The highest BCUT2D eigenvalue weighted by Gasteiger charge is 2.24. The van der Waals surface area contributed by atoms with Crippen molar-refractivity contribution in [3.05, 3.63) is 52.0 Å². The van der Waals surface area contributed by atoms with Gasteiger partial charge in [0.25, 0.3) is 5.91 Å². The van der Waals surface area contributed by atoms with Crippen LogP contribution in [0.5, 0.6) is 0 Å². The lowest BCUT2D eigenvalue weighted by Crippen LogP contribution is -2.49. The Kier molecular flexibility index (Phi) is 4.43. The lowest BCUT2D eigenvalue weighted by atomic mass is 10.1. The molecule has 3 rings (SSSR count). The average molecular weight is 332 g/mol. The quantitative estimate of drug-likeness (QED) is 0.811. The maximum atomic E-state index is 14.2. The van der Waals surface area contributed by atoms with Crippen LogP contribution in [0.25, 0.3) is 0 Å². The van der Waals surface area contributed by atoms with Gasteiger partial charge in [0.2, 0.25) is 0 Å². The van der Waals surface area contributed by atoms with Crippen LogP contribution >= 0.6 is 11.3 Å². The van der Waals surface area contributed by atoms with Gasteiger partial charge in [-0.2, -0.15) is 11.3 Å². The first-order valence-electron chi connectivity index (χ1n) is 7.43. The molecule has 1 saturated heterocycles. The fourth-order valence-electron chi connectivity index (χ4n) is 2.70. The lowest BCUT2D eigenvalue weighted by molar-refractivity contribution is 0.0747. The zero-order valence-electron chi connectivity index (χ0n) is 12.8. The first-order chi connectivity index (χ1) is 11.1. The Morgan fingerprint density at radius 2 is 1.83 bits per heavy atom. The highest BCUT2D eigenvalue weighted by atomic mass is 32.1. The molecule has 1 fully saturated rings. The fourth-order valence-corrected chi connectivity index (χ4v) is 3.33. The summed E-state index contributed by atoms with van der Waals surface area (Å²) in [6.07, 6.45) is 0. The predicted molar refractivity (Wildman–Crippen MR) is 88.8 cm³/mol. The summed E-state index contributed by atoms with van der Waals surface area (Å²) >= 11 is 1.50. The fraction of sp³-hybridized carbons (Fsp3) is 0.294. The molecule has 1 aromatic heterocycles. The number of carbonyl (C=O) groups is 2. The van der Waals surface area contributed by atoms with E-state index in [1.807, 2.05) is 21.7 Å². The van der Waals surface area contributed by atoms with E-state index in [0.717, 1.165) is 0 Å². The number of anilines is 1. The molecule has 2 aromatic rings. The minimum atomic E-state index is -0.393. The molecule has 0 radical (unpaired) electrons. The van der Waals surface area contributed by atoms with E-state index in [1.54, 1.807) is 17.0 Å². The highest BCUT2D eigenvalue weighted by molar-refractivity contribution is 7.08. The van der Waals surface area contributed by atoms with Gasteiger partial charge in [0.05, 0.1) is 11.3 Å². The predicted octanol–water partition coefficient (Wildman–Crippen LogP) is 3.05. The number of hydrogen-bond acceptors (Lipinski definition) is 4. The lowest BCUT2D eigenvalue weighted by Gasteiger charge is -2.36. The monoisotopic (exact) mass is 332 g/mol. The molecule has 23 heavy (non-hydrogen) atoms. The van der Waals surface area contributed by atoms with Crippen LogP contribution in [0, 0.1) is 5.82 Å². The molecule has 0 N–H and O–H groups in total. The van der Waals surface area contributed by atoms with Gasteiger partial charge in [-0.15, -0.1) is 0 Å². The number of hydrogen-bond donors (Lipinski definition) is 0. The summed E-state index contributed by atoms with van der Waals surface area (Å²) in [5.41, 5.74) is 1.57. The van der Waals surface area contributed by atoms with Gasteiger partial charge >= 0.3 is 0 Å². The van der Waals surface area contributed by atoms with Gasteiger partial charge < -0.3 is 9.80 Å². The number of carbonyl (C=O) groups excluding carboxylic acids is 2. The third kappa shape index (κ3) is 3.27. The summed E-state index contributed by atoms with van der Waals surface area (Å²) in [5.74, 6) is -0.518. The zero-order valence-corrected chi connectivity index (χ0v) is 13.6. The Hall–Kier alpha value is -2.21. The number of Topliss-reactive ketones (excluding diaryl/α,β-unsaturated/α-hetero) is 1. The summed E-state index contributed by atoms with van der Waals surface area (Å²) in [6, 6.07) is 6.38. The minimum Gasteiger partial charge on any atom is -0.366 e. The largest absolute Gasteiger partial charge is 0.366 e. The van der Waals surface area contributed by atoms with Crippen molar-refractivity contribution in [1.29, 1.82) is 0 Å². The molecule has 6 heteroatoms. The second kappa shape index (κ2) is 6.50. The van der Waals surface area contributed by atoms with Crippen molar-refractivity contribution in [2.24, 2.45) is 0 Å². The molecule has 2 heterocycles. The summed E-state index contributed by atoms with van der Waals surface area (Å²) in [7, 11) is 0. The average Bonchev–Trinajstić information content (AvgIpc) is 3.08. The number of halogens is 1. The molecule has 0 bridgehead atoms. The molecule has 0 saturated carbocycles. The second-order valence-electron chi connectivity index (χ2n) is 5.51. The van der Waals surface area contributed by atoms with Crippen LogP contribution in [-0.4, -0.2) is 42.8 Å². The second-order valence-corrected chi connectivity index (χ2v) is 6.29. The maximum absolute atomic E-state index is 14.2. The topological polar surface area (TPSA) is 40.6 Å². The number of amides is 1. The van der Waals surface area contributed by atoms with Crippen LogP contribution in [0.15, 0.2) is 35.0 Å². The normalized spacial score (nSPS) is 14.9. The van der Waals surface area contributed by atoms with Crippen LogP contribution in [0.2, 0.25) is 0 Å². The van der Waals surface area contributed by atoms with Gasteiger partial charge in [0, 0.05) is 37.1 Å². The molecule has 0 atom stereocenters. The molecule has 0 unspecified atom stereocenters.